The van der Waals surface area contributed by atoms with E-state index < -0.39 is 7.60 Å². The van der Waals surface area contributed by atoms with Crippen molar-refractivity contribution in [1.82, 2.24) is 10.2 Å². The Balaban J connectivity index is 2.38. The van der Waals surface area contributed by atoms with Crippen LogP contribution in [-0.2, 0) is 19.8 Å². The number of nitrogens with one attached hydrogen (secondary N) is 1. The van der Waals surface area contributed by atoms with Crippen LogP contribution >= 0.6 is 7.60 Å². The Kier molecular flexibility index (Phi) is 3.10. The van der Waals surface area contributed by atoms with Crippen molar-refractivity contribution in [2.75, 3.05) is 14.2 Å². The first-order valence-corrected chi connectivity index (χ1v) is 6.54. The van der Waals surface area contributed by atoms with Crippen molar-refractivity contribution < 1.29 is 13.6 Å². The highest BCUT2D eigenvalue weighted by Crippen LogP contribution is 2.50. The fourth-order valence-electron chi connectivity index (χ4n) is 1.53. The van der Waals surface area contributed by atoms with Crippen LogP contribution in [0.2, 0.25) is 0 Å². The summed E-state index contributed by atoms with van der Waals surface area (Å²) in [6, 6.07) is 7.62. The molecule has 1 aromatic carbocycles. The molecular formula is C10H13N2O3P. The molecule has 5 nitrogen and oxygen atoms in total. The molecule has 2 rings (SSSR count). The highest BCUT2D eigenvalue weighted by molar-refractivity contribution is 7.52. The van der Waals surface area contributed by atoms with E-state index in [1.165, 1.54) is 14.2 Å². The first kappa shape index (κ1) is 11.3. The van der Waals surface area contributed by atoms with Crippen LogP contribution < -0.4 is 0 Å². The number of aromatic amines is 1. The van der Waals surface area contributed by atoms with Gasteiger partial charge in [-0.05, 0) is 6.07 Å². The molecule has 1 N–H and O–H groups in total. The lowest BCUT2D eigenvalue weighted by molar-refractivity contribution is 0.274. The number of H-pyrrole nitrogens is 1. The van der Waals surface area contributed by atoms with E-state index in [-0.39, 0.29) is 6.16 Å². The van der Waals surface area contributed by atoms with Gasteiger partial charge in [0, 0.05) is 19.6 Å². The van der Waals surface area contributed by atoms with E-state index in [1.807, 2.05) is 24.3 Å². The van der Waals surface area contributed by atoms with Crippen LogP contribution in [0.3, 0.4) is 0 Å². The van der Waals surface area contributed by atoms with E-state index in [4.69, 9.17) is 9.05 Å². The van der Waals surface area contributed by atoms with Crippen molar-refractivity contribution in [3.8, 4) is 0 Å². The van der Waals surface area contributed by atoms with Gasteiger partial charge in [0.25, 0.3) is 0 Å². The van der Waals surface area contributed by atoms with Gasteiger partial charge in [-0.1, -0.05) is 18.2 Å². The maximum absolute atomic E-state index is 12.0. The molecule has 6 heteroatoms. The Morgan fingerprint density at radius 2 is 2.00 bits per heavy atom. The molecule has 86 valence electrons. The molecule has 0 aliphatic heterocycles. The number of aromatic nitrogens is 2. The Hall–Kier alpha value is -1.16. The first-order valence-electron chi connectivity index (χ1n) is 4.81. The Morgan fingerprint density at radius 1 is 1.31 bits per heavy atom. The minimum atomic E-state index is -3.05. The topological polar surface area (TPSA) is 64.2 Å². The van der Waals surface area contributed by atoms with Gasteiger partial charge in [0.1, 0.15) is 0 Å². The minimum absolute atomic E-state index is 0.195. The van der Waals surface area contributed by atoms with Crippen LogP contribution in [0.5, 0.6) is 0 Å². The summed E-state index contributed by atoms with van der Waals surface area (Å²) in [4.78, 5) is 0. The maximum Gasteiger partial charge on any atom is 0.336 e. The molecule has 1 heterocycles. The summed E-state index contributed by atoms with van der Waals surface area (Å²) in [7, 11) is -0.290. The number of fused-ring (bicyclic) bond motifs is 1. The number of rotatable bonds is 4. The third kappa shape index (κ3) is 2.02. The summed E-state index contributed by atoms with van der Waals surface area (Å²) in [5.74, 6) is 0. The van der Waals surface area contributed by atoms with Gasteiger partial charge in [0.2, 0.25) is 0 Å². The second-order valence-corrected chi connectivity index (χ2v) is 5.62. The molecule has 0 aliphatic rings. The molecule has 0 unspecified atom stereocenters. The quantitative estimate of drug-likeness (QED) is 0.834. The molecule has 1 aromatic heterocycles. The molecule has 0 saturated heterocycles. The molecule has 2 aromatic rings. The normalized spacial score (nSPS) is 12.1. The molecule has 0 radical (unpaired) electrons. The van der Waals surface area contributed by atoms with Crippen LogP contribution in [-0.4, -0.2) is 24.4 Å². The Labute approximate surface area is 93.3 Å². The number of para-hydroxylation sites is 1. The van der Waals surface area contributed by atoms with Crippen molar-refractivity contribution >= 4 is 18.5 Å². The molecule has 0 spiro atoms. The average molecular weight is 240 g/mol. The lowest BCUT2D eigenvalue weighted by Crippen LogP contribution is -1.94. The summed E-state index contributed by atoms with van der Waals surface area (Å²) >= 11 is 0. The van der Waals surface area contributed by atoms with Crippen LogP contribution in [0.4, 0.5) is 0 Å². The standard InChI is InChI=1S/C10H13N2O3P/c1-14-16(13,15-2)7-10-8-5-3-4-6-9(8)11-12-10/h3-6H,7H2,1-2H3,(H,11,12). The van der Waals surface area contributed by atoms with Crippen molar-refractivity contribution in [3.05, 3.63) is 30.0 Å². The molecule has 0 bridgehead atoms. The number of hydrogen-bond acceptors (Lipinski definition) is 4. The van der Waals surface area contributed by atoms with Gasteiger partial charge < -0.3 is 9.05 Å². The number of benzene rings is 1. The van der Waals surface area contributed by atoms with Crippen molar-refractivity contribution in [1.29, 1.82) is 0 Å². The summed E-state index contributed by atoms with van der Waals surface area (Å²) in [6.45, 7) is 0. The molecule has 16 heavy (non-hydrogen) atoms. The predicted octanol–water partition coefficient (Wildman–Crippen LogP) is 2.55. The third-order valence-corrected chi connectivity index (χ3v) is 4.26. The molecule has 0 amide bonds. The van der Waals surface area contributed by atoms with Gasteiger partial charge in [-0.3, -0.25) is 9.66 Å². The SMILES string of the molecule is COP(=O)(Cc1[nH]nc2ccccc12)OC. The maximum atomic E-state index is 12.0. The summed E-state index contributed by atoms with van der Waals surface area (Å²) in [5.41, 5.74) is 1.61. The number of nitrogens with zero attached hydrogens (tertiary/aromatic N) is 1. The van der Waals surface area contributed by atoms with Crippen molar-refractivity contribution in [3.63, 3.8) is 0 Å². The molecule has 0 aliphatic carbocycles. The van der Waals surface area contributed by atoms with Gasteiger partial charge in [0.05, 0.1) is 17.4 Å². The van der Waals surface area contributed by atoms with Gasteiger partial charge in [0.15, 0.2) is 0 Å². The van der Waals surface area contributed by atoms with Crippen LogP contribution in [0.15, 0.2) is 24.3 Å². The second-order valence-electron chi connectivity index (χ2n) is 3.35. The van der Waals surface area contributed by atoms with Gasteiger partial charge in [-0.15, -0.1) is 0 Å². The highest BCUT2D eigenvalue weighted by atomic mass is 31.2. The second kappa shape index (κ2) is 4.37. The molecule has 0 saturated carbocycles. The molecule has 0 fully saturated rings. The zero-order valence-corrected chi connectivity index (χ0v) is 10.0. The average Bonchev–Trinajstić information content (AvgIpc) is 2.73. The summed E-state index contributed by atoms with van der Waals surface area (Å²) in [5, 5.41) is 7.91. The highest BCUT2D eigenvalue weighted by Gasteiger charge is 2.23. The van der Waals surface area contributed by atoms with Crippen LogP contribution in [0.25, 0.3) is 10.9 Å². The van der Waals surface area contributed by atoms with Crippen molar-refractivity contribution in [2.45, 2.75) is 6.16 Å². The fourth-order valence-corrected chi connectivity index (χ4v) is 2.57. The van der Waals surface area contributed by atoms with E-state index >= 15 is 0 Å². The molecule has 0 atom stereocenters. The van der Waals surface area contributed by atoms with E-state index in [0.717, 1.165) is 16.6 Å². The first-order chi connectivity index (χ1) is 7.68. The Bertz CT molecular complexity index is 530. The van der Waals surface area contributed by atoms with E-state index in [0.29, 0.717) is 0 Å². The van der Waals surface area contributed by atoms with E-state index in [9.17, 15) is 4.57 Å². The third-order valence-electron chi connectivity index (χ3n) is 2.45. The zero-order chi connectivity index (χ0) is 11.6. The van der Waals surface area contributed by atoms with Crippen molar-refractivity contribution in [2.24, 2.45) is 0 Å². The summed E-state index contributed by atoms with van der Waals surface area (Å²) < 4.78 is 21.8. The lowest BCUT2D eigenvalue weighted by atomic mass is 10.2. The van der Waals surface area contributed by atoms with Gasteiger partial charge in [-0.25, -0.2) is 0 Å². The van der Waals surface area contributed by atoms with E-state index in [1.54, 1.807) is 0 Å². The monoisotopic (exact) mass is 240 g/mol. The molecular weight excluding hydrogens is 227 g/mol. The van der Waals surface area contributed by atoms with Gasteiger partial charge >= 0.3 is 7.60 Å². The summed E-state index contributed by atoms with van der Waals surface area (Å²) in [6.07, 6.45) is 0.195. The minimum Gasteiger partial charge on any atom is -0.312 e. The predicted molar refractivity (Wildman–Crippen MR) is 61.4 cm³/mol. The number of hydrogen-bond donors (Lipinski definition) is 1. The van der Waals surface area contributed by atoms with Gasteiger partial charge in [-0.2, -0.15) is 5.10 Å². The largest absolute Gasteiger partial charge is 0.336 e. The lowest BCUT2D eigenvalue weighted by Gasteiger charge is -2.12. The Morgan fingerprint density at radius 3 is 2.69 bits per heavy atom. The van der Waals surface area contributed by atoms with E-state index in [2.05, 4.69) is 10.2 Å². The van der Waals surface area contributed by atoms with Crippen LogP contribution in [0.1, 0.15) is 5.69 Å². The smallest absolute Gasteiger partial charge is 0.312 e. The fraction of sp³-hybridized carbons (Fsp3) is 0.300. The zero-order valence-electron chi connectivity index (χ0n) is 9.14. The van der Waals surface area contributed by atoms with Crippen LogP contribution in [0, 0.1) is 0 Å².